The number of carbonyl (C=O) groups is 1. The minimum absolute atomic E-state index is 0.0761. The number of hydrogen-bond donors (Lipinski definition) is 2. The first-order chi connectivity index (χ1) is 7.83. The van der Waals surface area contributed by atoms with E-state index in [-0.39, 0.29) is 6.03 Å². The zero-order valence-corrected chi connectivity index (χ0v) is 10.3. The van der Waals surface area contributed by atoms with Crippen LogP contribution in [0.2, 0.25) is 0 Å². The van der Waals surface area contributed by atoms with Gasteiger partial charge in [-0.1, -0.05) is 32.1 Å². The van der Waals surface area contributed by atoms with Gasteiger partial charge in [-0.25, -0.2) is 4.79 Å². The molecular weight excluding hydrogens is 204 g/mol. The molecule has 1 rings (SSSR count). The third kappa shape index (κ3) is 5.95. The first kappa shape index (κ1) is 13.3. The van der Waals surface area contributed by atoms with E-state index in [0.717, 1.165) is 18.9 Å². The standard InChI is InChI=1S/C12H24N2O2/c1-16-10-9-14-12(15)13-8-7-11-5-3-2-4-6-11/h11H,2-10H2,1H3,(H2,13,14,15). The molecule has 0 unspecified atom stereocenters. The summed E-state index contributed by atoms with van der Waals surface area (Å²) in [5.41, 5.74) is 0. The highest BCUT2D eigenvalue weighted by molar-refractivity contribution is 5.73. The molecule has 0 aromatic rings. The Bertz CT molecular complexity index is 191. The maximum absolute atomic E-state index is 11.3. The van der Waals surface area contributed by atoms with Crippen molar-refractivity contribution in [3.05, 3.63) is 0 Å². The first-order valence-corrected chi connectivity index (χ1v) is 6.33. The van der Waals surface area contributed by atoms with Gasteiger partial charge >= 0.3 is 6.03 Å². The monoisotopic (exact) mass is 228 g/mol. The number of urea groups is 1. The molecule has 0 spiro atoms. The topological polar surface area (TPSA) is 50.4 Å². The summed E-state index contributed by atoms with van der Waals surface area (Å²) in [6.45, 7) is 1.94. The van der Waals surface area contributed by atoms with Crippen LogP contribution in [0.25, 0.3) is 0 Å². The predicted molar refractivity (Wildman–Crippen MR) is 64.5 cm³/mol. The second-order valence-corrected chi connectivity index (χ2v) is 4.47. The molecule has 0 aliphatic heterocycles. The molecule has 16 heavy (non-hydrogen) atoms. The molecular formula is C12H24N2O2. The largest absolute Gasteiger partial charge is 0.383 e. The number of methoxy groups -OCH3 is 1. The highest BCUT2D eigenvalue weighted by atomic mass is 16.5. The fourth-order valence-corrected chi connectivity index (χ4v) is 2.19. The average molecular weight is 228 g/mol. The molecule has 2 amide bonds. The van der Waals surface area contributed by atoms with Gasteiger partial charge in [-0.15, -0.1) is 0 Å². The van der Waals surface area contributed by atoms with Crippen LogP contribution in [0.5, 0.6) is 0 Å². The fourth-order valence-electron chi connectivity index (χ4n) is 2.19. The highest BCUT2D eigenvalue weighted by Gasteiger charge is 2.12. The van der Waals surface area contributed by atoms with Crippen molar-refractivity contribution in [1.29, 1.82) is 0 Å². The lowest BCUT2D eigenvalue weighted by Crippen LogP contribution is -2.38. The van der Waals surface area contributed by atoms with Gasteiger partial charge in [-0.2, -0.15) is 0 Å². The zero-order valence-electron chi connectivity index (χ0n) is 10.3. The Hall–Kier alpha value is -0.770. The van der Waals surface area contributed by atoms with Crippen molar-refractivity contribution in [1.82, 2.24) is 10.6 Å². The van der Waals surface area contributed by atoms with E-state index in [1.807, 2.05) is 0 Å². The van der Waals surface area contributed by atoms with Crippen molar-refractivity contribution in [2.45, 2.75) is 38.5 Å². The van der Waals surface area contributed by atoms with E-state index in [1.165, 1.54) is 32.1 Å². The van der Waals surface area contributed by atoms with Crippen LogP contribution in [0.1, 0.15) is 38.5 Å². The lowest BCUT2D eigenvalue weighted by atomic mass is 9.87. The second-order valence-electron chi connectivity index (χ2n) is 4.47. The van der Waals surface area contributed by atoms with Crippen molar-refractivity contribution >= 4 is 6.03 Å². The number of rotatable bonds is 6. The Morgan fingerprint density at radius 2 is 1.88 bits per heavy atom. The molecule has 2 N–H and O–H groups in total. The number of carbonyl (C=O) groups excluding carboxylic acids is 1. The molecule has 1 aliphatic carbocycles. The SMILES string of the molecule is COCCNC(=O)NCCC1CCCCC1. The minimum Gasteiger partial charge on any atom is -0.383 e. The molecule has 0 saturated heterocycles. The molecule has 0 heterocycles. The molecule has 1 aliphatic rings. The quantitative estimate of drug-likeness (QED) is 0.682. The van der Waals surface area contributed by atoms with Crippen LogP contribution in [-0.2, 0) is 4.74 Å². The number of amides is 2. The van der Waals surface area contributed by atoms with Crippen molar-refractivity contribution in [2.75, 3.05) is 26.8 Å². The smallest absolute Gasteiger partial charge is 0.314 e. The predicted octanol–water partition coefficient (Wildman–Crippen LogP) is 1.90. The van der Waals surface area contributed by atoms with Gasteiger partial charge in [-0.05, 0) is 12.3 Å². The molecule has 4 nitrogen and oxygen atoms in total. The van der Waals surface area contributed by atoms with E-state index in [1.54, 1.807) is 7.11 Å². The summed E-state index contributed by atoms with van der Waals surface area (Å²) in [5.74, 6) is 0.827. The summed E-state index contributed by atoms with van der Waals surface area (Å²) in [4.78, 5) is 11.3. The first-order valence-electron chi connectivity index (χ1n) is 6.33. The Balaban J connectivity index is 1.94. The third-order valence-electron chi connectivity index (χ3n) is 3.15. The Labute approximate surface area is 98.1 Å². The normalized spacial score (nSPS) is 17.1. The number of nitrogens with one attached hydrogen (secondary N) is 2. The highest BCUT2D eigenvalue weighted by Crippen LogP contribution is 2.25. The van der Waals surface area contributed by atoms with Crippen LogP contribution in [-0.4, -0.2) is 32.8 Å². The molecule has 0 radical (unpaired) electrons. The summed E-state index contributed by atoms with van der Waals surface area (Å²) in [6.07, 6.45) is 7.93. The molecule has 4 heteroatoms. The number of hydrogen-bond acceptors (Lipinski definition) is 2. The second kappa shape index (κ2) is 8.39. The van der Waals surface area contributed by atoms with Gasteiger partial charge < -0.3 is 15.4 Å². The van der Waals surface area contributed by atoms with Gasteiger partial charge in [0.15, 0.2) is 0 Å². The van der Waals surface area contributed by atoms with E-state index in [2.05, 4.69) is 10.6 Å². The molecule has 0 aromatic heterocycles. The Morgan fingerprint density at radius 1 is 1.19 bits per heavy atom. The molecule has 0 atom stereocenters. The molecule has 1 fully saturated rings. The van der Waals surface area contributed by atoms with Crippen LogP contribution in [0, 0.1) is 5.92 Å². The zero-order chi connectivity index (χ0) is 11.6. The van der Waals surface area contributed by atoms with Gasteiger partial charge in [0.2, 0.25) is 0 Å². The average Bonchev–Trinajstić information content (AvgIpc) is 2.31. The maximum atomic E-state index is 11.3. The molecule has 0 aromatic carbocycles. The number of ether oxygens (including phenoxy) is 1. The summed E-state index contributed by atoms with van der Waals surface area (Å²) in [7, 11) is 1.63. The Morgan fingerprint density at radius 3 is 2.56 bits per heavy atom. The molecule has 94 valence electrons. The van der Waals surface area contributed by atoms with Crippen molar-refractivity contribution < 1.29 is 9.53 Å². The van der Waals surface area contributed by atoms with Crippen molar-refractivity contribution in [2.24, 2.45) is 5.92 Å². The van der Waals surface area contributed by atoms with Crippen molar-refractivity contribution in [3.8, 4) is 0 Å². The fraction of sp³-hybridized carbons (Fsp3) is 0.917. The molecule has 1 saturated carbocycles. The van der Waals surface area contributed by atoms with Gasteiger partial charge in [0.1, 0.15) is 0 Å². The third-order valence-corrected chi connectivity index (χ3v) is 3.15. The van der Waals surface area contributed by atoms with Gasteiger partial charge in [-0.3, -0.25) is 0 Å². The van der Waals surface area contributed by atoms with Gasteiger partial charge in [0.05, 0.1) is 6.61 Å². The summed E-state index contributed by atoms with van der Waals surface area (Å²) in [5, 5.41) is 5.63. The lowest BCUT2D eigenvalue weighted by molar-refractivity contribution is 0.195. The van der Waals surface area contributed by atoms with Crippen LogP contribution >= 0.6 is 0 Å². The Kier molecular flexibility index (Phi) is 6.97. The lowest BCUT2D eigenvalue weighted by Gasteiger charge is -2.21. The van der Waals surface area contributed by atoms with E-state index in [4.69, 9.17) is 4.74 Å². The van der Waals surface area contributed by atoms with Crippen LogP contribution in [0.15, 0.2) is 0 Å². The van der Waals surface area contributed by atoms with E-state index < -0.39 is 0 Å². The maximum Gasteiger partial charge on any atom is 0.314 e. The van der Waals surface area contributed by atoms with E-state index in [9.17, 15) is 4.79 Å². The minimum atomic E-state index is -0.0761. The summed E-state index contributed by atoms with van der Waals surface area (Å²) < 4.78 is 4.85. The molecule has 0 bridgehead atoms. The van der Waals surface area contributed by atoms with Gasteiger partial charge in [0.25, 0.3) is 0 Å². The van der Waals surface area contributed by atoms with Crippen LogP contribution in [0.3, 0.4) is 0 Å². The van der Waals surface area contributed by atoms with Crippen LogP contribution < -0.4 is 10.6 Å². The van der Waals surface area contributed by atoms with Gasteiger partial charge in [0, 0.05) is 20.2 Å². The van der Waals surface area contributed by atoms with E-state index in [0.29, 0.717) is 13.2 Å². The van der Waals surface area contributed by atoms with Crippen LogP contribution in [0.4, 0.5) is 4.79 Å². The summed E-state index contributed by atoms with van der Waals surface area (Å²) in [6, 6.07) is -0.0761. The summed E-state index contributed by atoms with van der Waals surface area (Å²) >= 11 is 0. The van der Waals surface area contributed by atoms with Crippen molar-refractivity contribution in [3.63, 3.8) is 0 Å². The van der Waals surface area contributed by atoms with E-state index >= 15 is 0 Å².